The Bertz CT molecular complexity index is 191. The summed E-state index contributed by atoms with van der Waals surface area (Å²) in [7, 11) is 0. The fraction of sp³-hybridized carbons (Fsp3) is 0.846. The normalized spacial score (nSPS) is 15.2. The van der Waals surface area contributed by atoms with Crippen LogP contribution in [0, 0.1) is 0 Å². The van der Waals surface area contributed by atoms with Crippen molar-refractivity contribution in [1.82, 2.24) is 0 Å². The van der Waals surface area contributed by atoms with Crippen LogP contribution in [0.3, 0.4) is 0 Å². The maximum absolute atomic E-state index is 5.68. The Morgan fingerprint density at radius 3 is 2.53 bits per heavy atom. The molecule has 0 bridgehead atoms. The molecule has 0 aromatic carbocycles. The quantitative estimate of drug-likeness (QED) is 0.454. The van der Waals surface area contributed by atoms with E-state index in [0.717, 1.165) is 32.8 Å². The topological polar surface area (TPSA) is 18.5 Å². The fourth-order valence-corrected chi connectivity index (χ4v) is 1.69. The van der Waals surface area contributed by atoms with E-state index in [1.54, 1.807) is 0 Å². The van der Waals surface area contributed by atoms with E-state index in [4.69, 9.17) is 9.47 Å². The molecule has 1 fully saturated rings. The number of hydrogen-bond donors (Lipinski definition) is 0. The molecule has 0 atom stereocenters. The van der Waals surface area contributed by atoms with Crippen LogP contribution in [0.2, 0.25) is 0 Å². The fourth-order valence-electron chi connectivity index (χ4n) is 1.69. The Kier molecular flexibility index (Phi) is 6.69. The minimum Gasteiger partial charge on any atom is -0.377 e. The molecule has 0 spiro atoms. The molecule has 0 aromatic heterocycles. The Morgan fingerprint density at radius 2 is 2.00 bits per heavy atom. The Labute approximate surface area is 93.7 Å². The molecule has 88 valence electrons. The van der Waals surface area contributed by atoms with Crippen LogP contribution < -0.4 is 0 Å². The largest absolute Gasteiger partial charge is 0.377 e. The Morgan fingerprint density at radius 1 is 1.20 bits per heavy atom. The number of hydrogen-bond acceptors (Lipinski definition) is 2. The van der Waals surface area contributed by atoms with Crippen LogP contribution in [0.5, 0.6) is 0 Å². The van der Waals surface area contributed by atoms with Crippen LogP contribution in [0.15, 0.2) is 11.1 Å². The molecule has 0 saturated carbocycles. The van der Waals surface area contributed by atoms with E-state index in [9.17, 15) is 0 Å². The summed E-state index contributed by atoms with van der Waals surface area (Å²) in [5, 5.41) is 0. The third-order valence-corrected chi connectivity index (χ3v) is 2.90. The van der Waals surface area contributed by atoms with Crippen LogP contribution in [0.25, 0.3) is 0 Å². The summed E-state index contributed by atoms with van der Waals surface area (Å²) in [6.07, 6.45) is 6.24. The monoisotopic (exact) mass is 212 g/mol. The molecule has 0 unspecified atom stereocenters. The van der Waals surface area contributed by atoms with E-state index < -0.39 is 0 Å². The van der Waals surface area contributed by atoms with Crippen molar-refractivity contribution in [3.05, 3.63) is 11.1 Å². The Balaban J connectivity index is 2.03. The van der Waals surface area contributed by atoms with Crippen molar-refractivity contribution in [2.75, 3.05) is 26.4 Å². The van der Waals surface area contributed by atoms with Gasteiger partial charge in [-0.2, -0.15) is 0 Å². The molecule has 0 radical (unpaired) electrons. The lowest BCUT2D eigenvalue weighted by atomic mass is 10.1. The van der Waals surface area contributed by atoms with E-state index in [-0.39, 0.29) is 0 Å². The lowest BCUT2D eigenvalue weighted by Gasteiger charge is -2.22. The predicted octanol–water partition coefficient (Wildman–Crippen LogP) is 3.32. The molecule has 2 heteroatoms. The van der Waals surface area contributed by atoms with Crippen molar-refractivity contribution in [1.29, 1.82) is 0 Å². The number of ether oxygens (including phenoxy) is 2. The molecule has 1 aliphatic heterocycles. The second kappa shape index (κ2) is 7.89. The molecule has 15 heavy (non-hydrogen) atoms. The molecule has 0 aliphatic carbocycles. The molecule has 0 N–H and O–H groups in total. The third-order valence-electron chi connectivity index (χ3n) is 2.90. The van der Waals surface area contributed by atoms with Crippen molar-refractivity contribution < 1.29 is 9.47 Å². The van der Waals surface area contributed by atoms with E-state index in [0.29, 0.717) is 0 Å². The van der Waals surface area contributed by atoms with E-state index in [2.05, 4.69) is 13.8 Å². The van der Waals surface area contributed by atoms with Gasteiger partial charge in [0.2, 0.25) is 0 Å². The van der Waals surface area contributed by atoms with E-state index in [1.165, 1.54) is 36.8 Å². The Hall–Kier alpha value is -0.340. The first-order valence-electron chi connectivity index (χ1n) is 6.23. The zero-order valence-electron chi connectivity index (χ0n) is 10.2. The molecule has 1 rings (SSSR count). The van der Waals surface area contributed by atoms with Crippen LogP contribution in [-0.4, -0.2) is 26.4 Å². The summed E-state index contributed by atoms with van der Waals surface area (Å²) in [5.41, 5.74) is 2.92. The van der Waals surface area contributed by atoms with Gasteiger partial charge in [0.15, 0.2) is 0 Å². The van der Waals surface area contributed by atoms with Crippen LogP contribution >= 0.6 is 0 Å². The lowest BCUT2D eigenvalue weighted by Crippen LogP contribution is -2.20. The van der Waals surface area contributed by atoms with Gasteiger partial charge < -0.3 is 9.47 Å². The van der Waals surface area contributed by atoms with Crippen molar-refractivity contribution in [3.63, 3.8) is 0 Å². The average molecular weight is 212 g/mol. The van der Waals surface area contributed by atoms with Crippen LogP contribution in [-0.2, 0) is 9.47 Å². The summed E-state index contributed by atoms with van der Waals surface area (Å²) in [6, 6.07) is 0. The SMILES string of the molecule is CCCCCCOCC(CC)=C1COC1. The highest BCUT2D eigenvalue weighted by atomic mass is 16.5. The van der Waals surface area contributed by atoms with Gasteiger partial charge in [-0.25, -0.2) is 0 Å². The highest BCUT2D eigenvalue weighted by Gasteiger charge is 2.13. The molecule has 1 saturated heterocycles. The molecule has 2 nitrogen and oxygen atoms in total. The molecule has 1 heterocycles. The molecule has 1 aliphatic rings. The van der Waals surface area contributed by atoms with Crippen LogP contribution in [0.4, 0.5) is 0 Å². The van der Waals surface area contributed by atoms with Crippen molar-refractivity contribution in [2.45, 2.75) is 46.0 Å². The van der Waals surface area contributed by atoms with E-state index >= 15 is 0 Å². The predicted molar refractivity (Wildman–Crippen MR) is 63.1 cm³/mol. The minimum absolute atomic E-state index is 0.821. The molecule has 0 aromatic rings. The second-order valence-corrected chi connectivity index (χ2v) is 4.17. The van der Waals surface area contributed by atoms with Gasteiger partial charge in [0.25, 0.3) is 0 Å². The van der Waals surface area contributed by atoms with Gasteiger partial charge in [-0.15, -0.1) is 0 Å². The van der Waals surface area contributed by atoms with Crippen molar-refractivity contribution >= 4 is 0 Å². The van der Waals surface area contributed by atoms with Gasteiger partial charge in [-0.05, 0) is 24.0 Å². The first kappa shape index (κ1) is 12.7. The van der Waals surface area contributed by atoms with Crippen LogP contribution in [0.1, 0.15) is 46.0 Å². The molecular weight excluding hydrogens is 188 g/mol. The van der Waals surface area contributed by atoms with Gasteiger partial charge in [0, 0.05) is 6.61 Å². The van der Waals surface area contributed by atoms with Gasteiger partial charge in [-0.3, -0.25) is 0 Å². The summed E-state index contributed by atoms with van der Waals surface area (Å²) < 4.78 is 10.8. The zero-order valence-corrected chi connectivity index (χ0v) is 10.2. The molecule has 0 amide bonds. The smallest absolute Gasteiger partial charge is 0.0706 e. The van der Waals surface area contributed by atoms with Gasteiger partial charge in [0.1, 0.15) is 0 Å². The zero-order chi connectivity index (χ0) is 10.9. The number of unbranched alkanes of at least 4 members (excludes halogenated alkanes) is 3. The van der Waals surface area contributed by atoms with Gasteiger partial charge >= 0.3 is 0 Å². The maximum atomic E-state index is 5.68. The first-order valence-corrected chi connectivity index (χ1v) is 6.23. The first-order chi connectivity index (χ1) is 7.38. The summed E-state index contributed by atoms with van der Waals surface area (Å²) in [6.45, 7) is 7.84. The standard InChI is InChI=1S/C13H24O2/c1-3-5-6-7-8-14-9-12(4-2)13-10-15-11-13/h3-11H2,1-2H3. The van der Waals surface area contributed by atoms with E-state index in [1.807, 2.05) is 0 Å². The summed E-state index contributed by atoms with van der Waals surface area (Å²) in [4.78, 5) is 0. The number of rotatable bonds is 8. The average Bonchev–Trinajstić information content (AvgIpc) is 2.18. The van der Waals surface area contributed by atoms with Crippen molar-refractivity contribution in [3.8, 4) is 0 Å². The second-order valence-electron chi connectivity index (χ2n) is 4.17. The summed E-state index contributed by atoms with van der Waals surface area (Å²) in [5.74, 6) is 0. The minimum atomic E-state index is 0.821. The highest BCUT2D eigenvalue weighted by molar-refractivity contribution is 5.19. The maximum Gasteiger partial charge on any atom is 0.0706 e. The van der Waals surface area contributed by atoms with Gasteiger partial charge in [0.05, 0.1) is 19.8 Å². The lowest BCUT2D eigenvalue weighted by molar-refractivity contribution is 0.0935. The highest BCUT2D eigenvalue weighted by Crippen LogP contribution is 2.17. The molecular formula is C13H24O2. The van der Waals surface area contributed by atoms with Gasteiger partial charge in [-0.1, -0.05) is 33.1 Å². The van der Waals surface area contributed by atoms with Crippen molar-refractivity contribution in [2.24, 2.45) is 0 Å². The third kappa shape index (κ3) is 4.80. The summed E-state index contributed by atoms with van der Waals surface area (Å²) >= 11 is 0.